The summed E-state index contributed by atoms with van der Waals surface area (Å²) in [6.07, 6.45) is -1.85. The van der Waals surface area contributed by atoms with Gasteiger partial charge in [0.25, 0.3) is 5.56 Å². The maximum absolute atomic E-state index is 11.8. The zero-order valence-corrected chi connectivity index (χ0v) is 11.8. The number of ether oxygens (including phenoxy) is 1. The Balaban J connectivity index is 2.16. The highest BCUT2D eigenvalue weighted by Crippen LogP contribution is 2.41. The SMILES string of the molecule is CC[C@@]1(O)[C@@H](O)[C@@H](CO)O[C@H]1n1cnc2c(=O)[nH]c(N)nc21. The van der Waals surface area contributed by atoms with Crippen molar-refractivity contribution in [1.29, 1.82) is 0 Å². The van der Waals surface area contributed by atoms with Crippen LogP contribution in [-0.4, -0.2) is 59.3 Å². The molecule has 1 aliphatic heterocycles. The summed E-state index contributed by atoms with van der Waals surface area (Å²) in [5.74, 6) is -0.100. The van der Waals surface area contributed by atoms with Crippen LogP contribution in [0.15, 0.2) is 11.1 Å². The van der Waals surface area contributed by atoms with E-state index in [1.807, 2.05) is 0 Å². The number of hydrogen-bond donors (Lipinski definition) is 5. The van der Waals surface area contributed by atoms with Crippen molar-refractivity contribution in [3.05, 3.63) is 16.7 Å². The smallest absolute Gasteiger partial charge is 0.280 e. The van der Waals surface area contributed by atoms with Crippen LogP contribution in [-0.2, 0) is 4.74 Å². The third-order valence-corrected chi connectivity index (χ3v) is 4.05. The Hall–Kier alpha value is -2.01. The lowest BCUT2D eigenvalue weighted by Crippen LogP contribution is -2.46. The minimum atomic E-state index is -1.65. The lowest BCUT2D eigenvalue weighted by molar-refractivity contribution is -0.109. The molecule has 10 heteroatoms. The van der Waals surface area contributed by atoms with Gasteiger partial charge in [0.2, 0.25) is 5.95 Å². The second-order valence-electron chi connectivity index (χ2n) is 5.27. The summed E-state index contributed by atoms with van der Waals surface area (Å²) in [7, 11) is 0. The molecule has 0 unspecified atom stereocenters. The number of nitrogens with zero attached hydrogens (tertiary/aromatic N) is 3. The number of nitrogens with two attached hydrogens (primary N) is 1. The quantitative estimate of drug-likeness (QED) is 0.439. The van der Waals surface area contributed by atoms with Crippen LogP contribution in [0.4, 0.5) is 5.95 Å². The zero-order chi connectivity index (χ0) is 16.1. The molecule has 1 fully saturated rings. The summed E-state index contributed by atoms with van der Waals surface area (Å²) in [6, 6.07) is 0. The van der Waals surface area contributed by atoms with Gasteiger partial charge in [-0.2, -0.15) is 4.98 Å². The van der Waals surface area contributed by atoms with Crippen molar-refractivity contribution in [3.8, 4) is 0 Å². The van der Waals surface area contributed by atoms with E-state index in [2.05, 4.69) is 15.0 Å². The van der Waals surface area contributed by atoms with Gasteiger partial charge in [-0.05, 0) is 6.42 Å². The van der Waals surface area contributed by atoms with E-state index in [1.54, 1.807) is 6.92 Å². The van der Waals surface area contributed by atoms with Gasteiger partial charge in [0.05, 0.1) is 12.9 Å². The van der Waals surface area contributed by atoms with Crippen molar-refractivity contribution in [1.82, 2.24) is 19.5 Å². The number of rotatable bonds is 3. The van der Waals surface area contributed by atoms with Gasteiger partial charge in [0.1, 0.15) is 17.8 Å². The summed E-state index contributed by atoms with van der Waals surface area (Å²) in [4.78, 5) is 22.1. The van der Waals surface area contributed by atoms with Crippen LogP contribution in [0, 0.1) is 0 Å². The Kier molecular flexibility index (Phi) is 3.40. The monoisotopic (exact) mass is 311 g/mol. The molecule has 0 amide bonds. The summed E-state index contributed by atoms with van der Waals surface area (Å²) < 4.78 is 6.88. The average molecular weight is 311 g/mol. The van der Waals surface area contributed by atoms with E-state index in [9.17, 15) is 20.1 Å². The van der Waals surface area contributed by atoms with Gasteiger partial charge in [-0.1, -0.05) is 6.92 Å². The van der Waals surface area contributed by atoms with Crippen LogP contribution in [0.25, 0.3) is 11.2 Å². The van der Waals surface area contributed by atoms with Crippen molar-refractivity contribution >= 4 is 17.1 Å². The highest BCUT2D eigenvalue weighted by molar-refractivity contribution is 5.70. The zero-order valence-electron chi connectivity index (χ0n) is 11.8. The molecule has 2 aromatic rings. The second kappa shape index (κ2) is 5.02. The van der Waals surface area contributed by atoms with Crippen molar-refractivity contribution < 1.29 is 20.1 Å². The van der Waals surface area contributed by atoms with Gasteiger partial charge >= 0.3 is 0 Å². The number of H-pyrrole nitrogens is 1. The summed E-state index contributed by atoms with van der Waals surface area (Å²) in [5, 5.41) is 30.2. The third-order valence-electron chi connectivity index (χ3n) is 4.05. The number of aliphatic hydroxyl groups is 3. The number of aliphatic hydroxyl groups excluding tert-OH is 2. The van der Waals surface area contributed by atoms with Crippen molar-refractivity contribution in [3.63, 3.8) is 0 Å². The summed E-state index contributed by atoms with van der Waals surface area (Å²) in [6.45, 7) is 1.22. The summed E-state index contributed by atoms with van der Waals surface area (Å²) in [5.41, 5.74) is 3.53. The first kappa shape index (κ1) is 14.9. The molecule has 0 saturated carbocycles. The van der Waals surface area contributed by atoms with E-state index >= 15 is 0 Å². The molecule has 3 heterocycles. The number of aromatic amines is 1. The van der Waals surface area contributed by atoms with E-state index in [0.717, 1.165) is 0 Å². The number of aromatic nitrogens is 4. The Labute approximate surface area is 124 Å². The number of nitrogen functional groups attached to an aromatic ring is 1. The Morgan fingerprint density at radius 2 is 2.32 bits per heavy atom. The lowest BCUT2D eigenvalue weighted by Gasteiger charge is -2.30. The van der Waals surface area contributed by atoms with Crippen LogP contribution in [0.3, 0.4) is 0 Å². The molecular formula is C12H17N5O5. The van der Waals surface area contributed by atoms with Crippen LogP contribution < -0.4 is 11.3 Å². The topological polar surface area (TPSA) is 160 Å². The molecule has 0 bridgehead atoms. The molecule has 6 N–H and O–H groups in total. The highest BCUT2D eigenvalue weighted by atomic mass is 16.6. The second-order valence-corrected chi connectivity index (χ2v) is 5.27. The van der Waals surface area contributed by atoms with Gasteiger partial charge in [-0.25, -0.2) is 4.98 Å². The minimum Gasteiger partial charge on any atom is -0.394 e. The van der Waals surface area contributed by atoms with Gasteiger partial charge in [-0.3, -0.25) is 14.3 Å². The molecule has 120 valence electrons. The fourth-order valence-electron chi connectivity index (χ4n) is 2.77. The molecular weight excluding hydrogens is 294 g/mol. The van der Waals surface area contributed by atoms with E-state index in [0.29, 0.717) is 0 Å². The van der Waals surface area contributed by atoms with Crippen molar-refractivity contribution in [2.45, 2.75) is 37.4 Å². The van der Waals surface area contributed by atoms with Crippen LogP contribution >= 0.6 is 0 Å². The van der Waals surface area contributed by atoms with Gasteiger partial charge in [0, 0.05) is 0 Å². The van der Waals surface area contributed by atoms with Crippen molar-refractivity contribution in [2.75, 3.05) is 12.3 Å². The molecule has 0 radical (unpaired) electrons. The average Bonchev–Trinajstić information content (AvgIpc) is 3.00. The Morgan fingerprint density at radius 1 is 1.59 bits per heavy atom. The Bertz CT molecular complexity index is 758. The fraction of sp³-hybridized carbons (Fsp3) is 0.583. The van der Waals surface area contributed by atoms with Gasteiger partial charge < -0.3 is 25.8 Å². The predicted molar refractivity (Wildman–Crippen MR) is 74.8 cm³/mol. The molecule has 1 saturated heterocycles. The first-order valence-electron chi connectivity index (χ1n) is 6.81. The lowest BCUT2D eigenvalue weighted by atomic mass is 9.91. The van der Waals surface area contributed by atoms with Crippen LogP contribution in [0.1, 0.15) is 19.6 Å². The van der Waals surface area contributed by atoms with Gasteiger partial charge in [0.15, 0.2) is 17.4 Å². The Morgan fingerprint density at radius 3 is 2.95 bits per heavy atom. The van der Waals surface area contributed by atoms with E-state index in [1.165, 1.54) is 10.9 Å². The number of nitrogens with one attached hydrogen (secondary N) is 1. The standard InChI is InChI=1S/C12H17N5O5/c1-2-12(21)7(19)5(3-18)22-10(12)17-4-14-6-8(17)15-11(13)16-9(6)20/h4-5,7,10,18-19,21H,2-3H2,1H3,(H3,13,15,16,20)/t5-,7+,10-,12-/m1/s1. The highest BCUT2D eigenvalue weighted by Gasteiger charge is 2.55. The summed E-state index contributed by atoms with van der Waals surface area (Å²) >= 11 is 0. The maximum atomic E-state index is 11.8. The molecule has 10 nitrogen and oxygen atoms in total. The van der Waals surface area contributed by atoms with Crippen LogP contribution in [0.2, 0.25) is 0 Å². The fourth-order valence-corrected chi connectivity index (χ4v) is 2.77. The first-order valence-corrected chi connectivity index (χ1v) is 6.81. The van der Waals surface area contributed by atoms with E-state index in [-0.39, 0.29) is 23.5 Å². The number of hydrogen-bond acceptors (Lipinski definition) is 8. The molecule has 22 heavy (non-hydrogen) atoms. The third kappa shape index (κ3) is 1.92. The number of fused-ring (bicyclic) bond motifs is 1. The number of anilines is 1. The molecule has 0 aromatic carbocycles. The molecule has 4 atom stereocenters. The van der Waals surface area contributed by atoms with Crippen LogP contribution in [0.5, 0.6) is 0 Å². The first-order chi connectivity index (χ1) is 10.4. The number of imidazole rings is 1. The van der Waals surface area contributed by atoms with E-state index in [4.69, 9.17) is 10.5 Å². The molecule has 2 aromatic heterocycles. The molecule has 1 aliphatic rings. The minimum absolute atomic E-state index is 0.0400. The maximum Gasteiger partial charge on any atom is 0.280 e. The van der Waals surface area contributed by atoms with Crippen molar-refractivity contribution in [2.24, 2.45) is 0 Å². The normalized spacial score (nSPS) is 31.9. The molecule has 0 aliphatic carbocycles. The van der Waals surface area contributed by atoms with E-state index < -0.39 is 36.2 Å². The molecule has 3 rings (SSSR count). The van der Waals surface area contributed by atoms with Gasteiger partial charge in [-0.15, -0.1) is 0 Å². The largest absolute Gasteiger partial charge is 0.394 e. The molecule has 0 spiro atoms. The predicted octanol–water partition coefficient (Wildman–Crippen LogP) is -1.91.